The van der Waals surface area contributed by atoms with Crippen molar-refractivity contribution in [1.29, 1.82) is 0 Å². The van der Waals surface area contributed by atoms with Crippen molar-refractivity contribution in [3.8, 4) is 0 Å². The van der Waals surface area contributed by atoms with E-state index in [-0.39, 0.29) is 18.7 Å². The molecule has 1 aliphatic rings. The van der Waals surface area contributed by atoms with Crippen LogP contribution in [0.1, 0.15) is 24.2 Å². The van der Waals surface area contributed by atoms with Gasteiger partial charge < -0.3 is 15.0 Å². The quantitative estimate of drug-likeness (QED) is 0.794. The topological polar surface area (TPSA) is 39.3 Å². The molecule has 3 nitrogen and oxygen atoms in total. The van der Waals surface area contributed by atoms with Crippen molar-refractivity contribution in [2.45, 2.75) is 25.4 Å². The second-order valence-electron chi connectivity index (χ2n) is 5.16. The Morgan fingerprint density at radius 3 is 2.95 bits per heavy atom. The summed E-state index contributed by atoms with van der Waals surface area (Å²) >= 11 is 7.04. The maximum absolute atomic E-state index is 9.74. The Balaban J connectivity index is 2.13. The van der Waals surface area contributed by atoms with Crippen molar-refractivity contribution in [3.63, 3.8) is 0 Å². The number of rotatable bonds is 1. The molecule has 2 N–H and O–H groups in total. The minimum atomic E-state index is 0.0663. The number of hydrogen-bond acceptors (Lipinski definition) is 3. The Morgan fingerprint density at radius 1 is 1.50 bits per heavy atom. The molecule has 20 heavy (non-hydrogen) atoms. The van der Waals surface area contributed by atoms with Gasteiger partial charge in [-0.15, -0.1) is 11.8 Å². The first kappa shape index (κ1) is 13.9. The summed E-state index contributed by atoms with van der Waals surface area (Å²) in [6.07, 6.45) is 2.82. The van der Waals surface area contributed by atoms with Crippen LogP contribution in [0.25, 0.3) is 10.9 Å². The van der Waals surface area contributed by atoms with E-state index in [0.717, 1.165) is 16.3 Å². The Hall–Kier alpha value is -1.04. The summed E-state index contributed by atoms with van der Waals surface area (Å²) in [5.74, 6) is 0. The zero-order valence-electron chi connectivity index (χ0n) is 11.6. The molecular formula is C15H18N2OS2. The van der Waals surface area contributed by atoms with Crippen LogP contribution in [0.15, 0.2) is 24.3 Å². The maximum Gasteiger partial charge on any atom is 0.136 e. The molecule has 2 aromatic rings. The normalized spacial score (nSPS) is 22.1. The van der Waals surface area contributed by atoms with Crippen LogP contribution in [0.4, 0.5) is 0 Å². The Bertz CT molecular complexity index is 652. The van der Waals surface area contributed by atoms with Gasteiger partial charge in [-0.1, -0.05) is 30.4 Å². The van der Waals surface area contributed by atoms with E-state index in [2.05, 4.69) is 35.0 Å². The van der Waals surface area contributed by atoms with Crippen molar-refractivity contribution in [2.75, 3.05) is 12.9 Å². The Morgan fingerprint density at radius 2 is 2.25 bits per heavy atom. The number of hydrogen-bond donors (Lipinski definition) is 2. The third-order valence-electron chi connectivity index (χ3n) is 4.11. The number of aromatic amines is 1. The molecule has 1 aliphatic heterocycles. The molecule has 0 unspecified atom stereocenters. The summed E-state index contributed by atoms with van der Waals surface area (Å²) < 4.78 is 0.848. The largest absolute Gasteiger partial charge is 0.394 e. The monoisotopic (exact) mass is 306 g/mol. The summed E-state index contributed by atoms with van der Waals surface area (Å²) in [4.78, 5) is 5.69. The van der Waals surface area contributed by atoms with Gasteiger partial charge in [-0.2, -0.15) is 0 Å². The molecule has 0 spiro atoms. The molecule has 0 amide bonds. The minimum Gasteiger partial charge on any atom is -0.394 e. The van der Waals surface area contributed by atoms with Gasteiger partial charge in [-0.3, -0.25) is 0 Å². The van der Waals surface area contributed by atoms with Gasteiger partial charge in [0.15, 0.2) is 0 Å². The summed E-state index contributed by atoms with van der Waals surface area (Å²) in [5, 5.41) is 11.0. The van der Waals surface area contributed by atoms with Gasteiger partial charge in [0.05, 0.1) is 18.7 Å². The van der Waals surface area contributed by atoms with Crippen molar-refractivity contribution in [1.82, 2.24) is 9.88 Å². The smallest absolute Gasteiger partial charge is 0.136 e. The number of thioether (sulfide) groups is 1. The lowest BCUT2D eigenvalue weighted by molar-refractivity contribution is 0.146. The molecule has 1 aromatic heterocycles. The number of para-hydroxylation sites is 1. The molecule has 5 heteroatoms. The Labute approximate surface area is 128 Å². The summed E-state index contributed by atoms with van der Waals surface area (Å²) in [7, 11) is 0. The van der Waals surface area contributed by atoms with E-state index in [4.69, 9.17) is 12.2 Å². The number of aliphatic hydroxyl groups is 1. The lowest BCUT2D eigenvalue weighted by Crippen LogP contribution is -2.46. The van der Waals surface area contributed by atoms with Gasteiger partial charge in [-0.25, -0.2) is 0 Å². The second kappa shape index (κ2) is 5.39. The maximum atomic E-state index is 9.74. The van der Waals surface area contributed by atoms with E-state index in [0.29, 0.717) is 0 Å². The SMILES string of the molecule is CSC(=S)N1[C@H](CO)Cc2c([nH]c3ccccc23)[C@@H]1C. The number of aliphatic hydroxyl groups excluding tert-OH is 1. The van der Waals surface area contributed by atoms with E-state index in [9.17, 15) is 5.11 Å². The van der Waals surface area contributed by atoms with Gasteiger partial charge in [-0.05, 0) is 31.2 Å². The van der Waals surface area contributed by atoms with Gasteiger partial charge in [0, 0.05) is 16.6 Å². The zero-order chi connectivity index (χ0) is 14.3. The first-order chi connectivity index (χ1) is 9.67. The summed E-state index contributed by atoms with van der Waals surface area (Å²) in [6.45, 7) is 2.28. The highest BCUT2D eigenvalue weighted by atomic mass is 32.2. The van der Waals surface area contributed by atoms with Crippen molar-refractivity contribution < 1.29 is 5.11 Å². The minimum absolute atomic E-state index is 0.0663. The predicted molar refractivity (Wildman–Crippen MR) is 89.2 cm³/mol. The van der Waals surface area contributed by atoms with Crippen molar-refractivity contribution in [3.05, 3.63) is 35.5 Å². The first-order valence-corrected chi connectivity index (χ1v) is 8.37. The van der Waals surface area contributed by atoms with Crippen LogP contribution in [0.3, 0.4) is 0 Å². The third kappa shape index (κ3) is 2.05. The number of benzene rings is 1. The molecule has 0 fully saturated rings. The first-order valence-electron chi connectivity index (χ1n) is 6.74. The van der Waals surface area contributed by atoms with Gasteiger partial charge >= 0.3 is 0 Å². The van der Waals surface area contributed by atoms with Gasteiger partial charge in [0.2, 0.25) is 0 Å². The number of aromatic nitrogens is 1. The van der Waals surface area contributed by atoms with Crippen LogP contribution in [0, 0.1) is 0 Å². The Kier molecular flexibility index (Phi) is 3.75. The molecule has 0 saturated heterocycles. The van der Waals surface area contributed by atoms with Crippen molar-refractivity contribution in [2.24, 2.45) is 0 Å². The van der Waals surface area contributed by atoms with E-state index >= 15 is 0 Å². The fourth-order valence-corrected chi connectivity index (χ4v) is 3.98. The molecule has 2 heterocycles. The summed E-state index contributed by atoms with van der Waals surface area (Å²) in [6, 6.07) is 8.59. The van der Waals surface area contributed by atoms with Crippen LogP contribution in [-0.4, -0.2) is 38.2 Å². The highest BCUT2D eigenvalue weighted by Crippen LogP contribution is 2.38. The molecule has 1 aromatic carbocycles. The van der Waals surface area contributed by atoms with Crippen molar-refractivity contribution >= 4 is 39.2 Å². The highest BCUT2D eigenvalue weighted by Gasteiger charge is 2.34. The molecule has 2 atom stereocenters. The average molecular weight is 306 g/mol. The van der Waals surface area contributed by atoms with E-state index in [1.165, 1.54) is 16.6 Å². The molecule has 0 aliphatic carbocycles. The van der Waals surface area contributed by atoms with Crippen LogP contribution < -0.4 is 0 Å². The number of nitrogens with one attached hydrogen (secondary N) is 1. The molecule has 106 valence electrons. The van der Waals surface area contributed by atoms with Crippen LogP contribution in [-0.2, 0) is 6.42 Å². The van der Waals surface area contributed by atoms with Crippen LogP contribution >= 0.6 is 24.0 Å². The van der Waals surface area contributed by atoms with Gasteiger partial charge in [0.1, 0.15) is 4.32 Å². The number of H-pyrrole nitrogens is 1. The number of fused-ring (bicyclic) bond motifs is 3. The second-order valence-corrected chi connectivity index (χ2v) is 6.60. The standard InChI is InChI=1S/C15H18N2OS2/c1-9-14-12(11-5-3-4-6-13(11)16-14)7-10(8-18)17(9)15(19)20-2/h3-6,9-10,16,18H,7-8H2,1-2H3/t9-,10-/m0/s1. The molecule has 0 saturated carbocycles. The zero-order valence-corrected chi connectivity index (χ0v) is 13.2. The van der Waals surface area contributed by atoms with Crippen LogP contribution in [0.2, 0.25) is 0 Å². The van der Waals surface area contributed by atoms with E-state index in [1.807, 2.05) is 12.3 Å². The van der Waals surface area contributed by atoms with Crippen LogP contribution in [0.5, 0.6) is 0 Å². The molecule has 0 bridgehead atoms. The van der Waals surface area contributed by atoms with E-state index < -0.39 is 0 Å². The highest BCUT2D eigenvalue weighted by molar-refractivity contribution is 8.22. The number of nitrogens with zero attached hydrogens (tertiary/aromatic N) is 1. The molecule has 3 rings (SSSR count). The lowest BCUT2D eigenvalue weighted by atomic mass is 9.93. The van der Waals surface area contributed by atoms with E-state index in [1.54, 1.807) is 11.8 Å². The molecule has 0 radical (unpaired) electrons. The third-order valence-corrected chi connectivity index (χ3v) is 5.38. The van der Waals surface area contributed by atoms with Gasteiger partial charge in [0.25, 0.3) is 0 Å². The average Bonchev–Trinajstić information content (AvgIpc) is 2.85. The molecular weight excluding hydrogens is 288 g/mol. The summed E-state index contributed by atoms with van der Waals surface area (Å²) in [5.41, 5.74) is 3.72. The number of thiocarbonyl (C=S) groups is 1. The predicted octanol–water partition coefficient (Wildman–Crippen LogP) is 3.10. The fraction of sp³-hybridized carbons (Fsp3) is 0.400. The lowest BCUT2D eigenvalue weighted by Gasteiger charge is -2.41. The fourth-order valence-electron chi connectivity index (χ4n) is 3.15.